The Balaban J connectivity index is 2.86. The molecule has 18 heavy (non-hydrogen) atoms. The van der Waals surface area contributed by atoms with Crippen LogP contribution in [0.2, 0.25) is 0 Å². The first kappa shape index (κ1) is 14.7. The second kappa shape index (κ2) is 6.57. The summed E-state index contributed by atoms with van der Waals surface area (Å²) in [5.41, 5.74) is 2.35. The van der Waals surface area contributed by atoms with Crippen molar-refractivity contribution in [2.45, 2.75) is 40.5 Å². The molecule has 0 amide bonds. The lowest BCUT2D eigenvalue weighted by Gasteiger charge is -2.15. The number of carbonyl (C=O) groups is 2. The fraction of sp³-hybridized carbons (Fsp3) is 0.714. The van der Waals surface area contributed by atoms with E-state index in [0.717, 1.165) is 0 Å². The minimum Gasteiger partial charge on any atom is -0.466 e. The van der Waals surface area contributed by atoms with E-state index in [1.807, 2.05) is 13.8 Å². The third-order valence-electron chi connectivity index (χ3n) is 3.30. The molecule has 1 fully saturated rings. The Morgan fingerprint density at radius 1 is 1.00 bits per heavy atom. The van der Waals surface area contributed by atoms with Gasteiger partial charge in [-0.3, -0.25) is 9.59 Å². The van der Waals surface area contributed by atoms with Crippen LogP contribution in [0.3, 0.4) is 0 Å². The minimum atomic E-state index is -0.381. The topological polar surface area (TPSA) is 52.6 Å². The van der Waals surface area contributed by atoms with Crippen molar-refractivity contribution in [2.24, 2.45) is 11.8 Å². The van der Waals surface area contributed by atoms with Crippen LogP contribution in [0, 0.1) is 11.8 Å². The van der Waals surface area contributed by atoms with Crippen molar-refractivity contribution < 1.29 is 19.1 Å². The number of ether oxygens (including phenoxy) is 2. The highest BCUT2D eigenvalue weighted by Crippen LogP contribution is 2.39. The molecule has 0 aliphatic heterocycles. The van der Waals surface area contributed by atoms with Crippen molar-refractivity contribution >= 4 is 11.9 Å². The van der Waals surface area contributed by atoms with Crippen LogP contribution in [0.1, 0.15) is 40.5 Å². The molecular weight excluding hydrogens is 232 g/mol. The van der Waals surface area contributed by atoms with Gasteiger partial charge in [-0.15, -0.1) is 0 Å². The highest BCUT2D eigenvalue weighted by atomic mass is 16.5. The molecule has 1 rings (SSSR count). The number of allylic oxidation sites excluding steroid dienone is 2. The smallest absolute Gasteiger partial charge is 0.310 e. The van der Waals surface area contributed by atoms with Crippen molar-refractivity contribution in [3.8, 4) is 0 Å². The number of rotatable bonds is 4. The normalized spacial score (nSPS) is 22.8. The number of esters is 2. The molecule has 0 N–H and O–H groups in total. The number of hydrogen-bond acceptors (Lipinski definition) is 4. The maximum absolute atomic E-state index is 11.9. The molecule has 4 nitrogen and oxygen atoms in total. The summed E-state index contributed by atoms with van der Waals surface area (Å²) in [6.07, 6.45) is 1.23. The van der Waals surface area contributed by atoms with Crippen molar-refractivity contribution in [3.63, 3.8) is 0 Å². The quantitative estimate of drug-likeness (QED) is 0.571. The standard InChI is InChI=1S/C14H22O4/c1-5-17-13(15)11-7-10(9(3)4)8-12(11)14(16)18-6-2/h11-12H,5-8H2,1-4H3. The van der Waals surface area contributed by atoms with Gasteiger partial charge in [0.1, 0.15) is 0 Å². The SMILES string of the molecule is CCOC(=O)C1CC(=C(C)C)CC1C(=O)OCC. The van der Waals surface area contributed by atoms with Gasteiger partial charge in [0.2, 0.25) is 0 Å². The van der Waals surface area contributed by atoms with Crippen LogP contribution < -0.4 is 0 Å². The van der Waals surface area contributed by atoms with Crippen LogP contribution in [0.5, 0.6) is 0 Å². The highest BCUT2D eigenvalue weighted by molar-refractivity contribution is 5.83. The second-order valence-corrected chi connectivity index (χ2v) is 4.73. The lowest BCUT2D eigenvalue weighted by Crippen LogP contribution is -2.28. The maximum atomic E-state index is 11.9. The third kappa shape index (κ3) is 3.34. The Bertz CT molecular complexity index is 325. The van der Waals surface area contributed by atoms with Gasteiger partial charge in [-0.25, -0.2) is 0 Å². The predicted molar refractivity (Wildman–Crippen MR) is 67.9 cm³/mol. The summed E-state index contributed by atoms with van der Waals surface area (Å²) in [4.78, 5) is 23.8. The van der Waals surface area contributed by atoms with Gasteiger partial charge in [0, 0.05) is 0 Å². The van der Waals surface area contributed by atoms with Gasteiger partial charge < -0.3 is 9.47 Å². The average molecular weight is 254 g/mol. The third-order valence-corrected chi connectivity index (χ3v) is 3.30. The predicted octanol–water partition coefficient (Wildman–Crippen LogP) is 2.48. The molecule has 102 valence electrons. The Morgan fingerprint density at radius 2 is 1.39 bits per heavy atom. The van der Waals surface area contributed by atoms with Crippen LogP contribution >= 0.6 is 0 Å². The number of hydrogen-bond donors (Lipinski definition) is 0. The van der Waals surface area contributed by atoms with Crippen LogP contribution in [-0.4, -0.2) is 25.2 Å². The molecule has 0 heterocycles. The van der Waals surface area contributed by atoms with Crippen LogP contribution in [0.4, 0.5) is 0 Å². The van der Waals surface area contributed by atoms with Crippen LogP contribution in [0.25, 0.3) is 0 Å². The van der Waals surface area contributed by atoms with Crippen LogP contribution in [0.15, 0.2) is 11.1 Å². The number of carbonyl (C=O) groups excluding carboxylic acids is 2. The lowest BCUT2D eigenvalue weighted by molar-refractivity contribution is -0.158. The van der Waals surface area contributed by atoms with Gasteiger partial charge in [-0.05, 0) is 40.5 Å². The van der Waals surface area contributed by atoms with Gasteiger partial charge in [-0.2, -0.15) is 0 Å². The van der Waals surface area contributed by atoms with E-state index >= 15 is 0 Å². The monoisotopic (exact) mass is 254 g/mol. The van der Waals surface area contributed by atoms with E-state index in [1.54, 1.807) is 13.8 Å². The molecule has 1 saturated carbocycles. The van der Waals surface area contributed by atoms with Gasteiger partial charge >= 0.3 is 11.9 Å². The summed E-state index contributed by atoms with van der Waals surface area (Å²) in [5, 5.41) is 0. The van der Waals surface area contributed by atoms with E-state index in [2.05, 4.69) is 0 Å². The Kier molecular flexibility index (Phi) is 5.38. The van der Waals surface area contributed by atoms with E-state index in [4.69, 9.17) is 9.47 Å². The molecule has 0 saturated heterocycles. The molecule has 1 aliphatic rings. The van der Waals surface area contributed by atoms with Gasteiger partial charge in [0.25, 0.3) is 0 Å². The van der Waals surface area contributed by atoms with Crippen molar-refractivity contribution in [1.29, 1.82) is 0 Å². The molecule has 2 unspecified atom stereocenters. The molecule has 0 bridgehead atoms. The van der Waals surface area contributed by atoms with Gasteiger partial charge in [-0.1, -0.05) is 11.1 Å². The summed E-state index contributed by atoms with van der Waals surface area (Å²) < 4.78 is 10.1. The van der Waals surface area contributed by atoms with Crippen molar-refractivity contribution in [3.05, 3.63) is 11.1 Å². The minimum absolute atomic E-state index is 0.285. The zero-order valence-electron chi connectivity index (χ0n) is 11.6. The Hall–Kier alpha value is -1.32. The van der Waals surface area contributed by atoms with Crippen molar-refractivity contribution in [2.75, 3.05) is 13.2 Å². The summed E-state index contributed by atoms with van der Waals surface area (Å²) >= 11 is 0. The van der Waals surface area contributed by atoms with Crippen LogP contribution in [-0.2, 0) is 19.1 Å². The first-order valence-electron chi connectivity index (χ1n) is 6.49. The van der Waals surface area contributed by atoms with E-state index in [0.29, 0.717) is 26.1 Å². The molecule has 0 aromatic heterocycles. The lowest BCUT2D eigenvalue weighted by atomic mass is 9.96. The zero-order valence-corrected chi connectivity index (χ0v) is 11.6. The fourth-order valence-electron chi connectivity index (χ4n) is 2.30. The molecular formula is C14H22O4. The van der Waals surface area contributed by atoms with E-state index < -0.39 is 0 Å². The highest BCUT2D eigenvalue weighted by Gasteiger charge is 2.42. The molecule has 0 spiro atoms. The first-order chi connectivity index (χ1) is 8.51. The summed E-state index contributed by atoms with van der Waals surface area (Å²) in [5.74, 6) is -1.33. The zero-order chi connectivity index (χ0) is 13.7. The van der Waals surface area contributed by atoms with E-state index in [9.17, 15) is 9.59 Å². The average Bonchev–Trinajstić information content (AvgIpc) is 2.74. The molecule has 0 aromatic carbocycles. The summed E-state index contributed by atoms with van der Waals surface area (Å²) in [6, 6.07) is 0. The molecule has 2 atom stereocenters. The molecule has 0 radical (unpaired) electrons. The Morgan fingerprint density at radius 3 is 1.67 bits per heavy atom. The van der Waals surface area contributed by atoms with E-state index in [-0.39, 0.29) is 23.8 Å². The van der Waals surface area contributed by atoms with E-state index in [1.165, 1.54) is 11.1 Å². The second-order valence-electron chi connectivity index (χ2n) is 4.73. The van der Waals surface area contributed by atoms with Gasteiger partial charge in [0.15, 0.2) is 0 Å². The van der Waals surface area contributed by atoms with Crippen molar-refractivity contribution in [1.82, 2.24) is 0 Å². The largest absolute Gasteiger partial charge is 0.466 e. The summed E-state index contributed by atoms with van der Waals surface area (Å²) in [6.45, 7) is 8.24. The molecule has 4 heteroatoms. The maximum Gasteiger partial charge on any atom is 0.310 e. The van der Waals surface area contributed by atoms with Gasteiger partial charge in [0.05, 0.1) is 25.0 Å². The first-order valence-corrected chi connectivity index (χ1v) is 6.49. The fourth-order valence-corrected chi connectivity index (χ4v) is 2.30. The Labute approximate surface area is 108 Å². The summed E-state index contributed by atoms with van der Waals surface area (Å²) in [7, 11) is 0. The molecule has 0 aromatic rings. The molecule has 1 aliphatic carbocycles.